The van der Waals surface area contributed by atoms with Crippen LogP contribution in [0.2, 0.25) is 0 Å². The summed E-state index contributed by atoms with van der Waals surface area (Å²) in [6.07, 6.45) is 0. The third-order valence-electron chi connectivity index (χ3n) is 2.20. The molecule has 0 aliphatic heterocycles. The first-order valence-corrected chi connectivity index (χ1v) is 4.26. The second-order valence-corrected chi connectivity index (χ2v) is 3.21. The molecule has 2 unspecified atom stereocenters. The largest absolute Gasteiger partial charge is 0.480 e. The van der Waals surface area contributed by atoms with E-state index < -0.39 is 17.9 Å². The number of carbonyl (C=O) groups is 1. The summed E-state index contributed by atoms with van der Waals surface area (Å²) in [6.45, 7) is 1.66. The molecule has 0 bridgehead atoms. The number of hydrogen-bond donors (Lipinski definition) is 2. The van der Waals surface area contributed by atoms with Crippen molar-refractivity contribution in [2.24, 2.45) is 5.73 Å². The number of hydrogen-bond acceptors (Lipinski definition) is 2. The summed E-state index contributed by atoms with van der Waals surface area (Å²) in [7, 11) is 0. The monoisotopic (exact) mass is 233 g/mol. The maximum absolute atomic E-state index is 12.8. The Bertz CT molecular complexity index is 346. The molecular weight excluding hydrogens is 221 g/mol. The third-order valence-corrected chi connectivity index (χ3v) is 2.20. The Balaban J connectivity index is 0.00000196. The molecule has 3 N–H and O–H groups in total. The predicted molar refractivity (Wildman–Crippen MR) is 57.7 cm³/mol. The van der Waals surface area contributed by atoms with Crippen LogP contribution in [0.15, 0.2) is 24.3 Å². The summed E-state index contributed by atoms with van der Waals surface area (Å²) in [5.74, 6) is -1.86. The van der Waals surface area contributed by atoms with Crippen LogP contribution in [0.3, 0.4) is 0 Å². The van der Waals surface area contributed by atoms with Gasteiger partial charge in [0.2, 0.25) is 0 Å². The zero-order valence-electron chi connectivity index (χ0n) is 8.18. The van der Waals surface area contributed by atoms with Gasteiger partial charge in [-0.3, -0.25) is 4.79 Å². The molecule has 0 amide bonds. The van der Waals surface area contributed by atoms with Gasteiger partial charge in [0.25, 0.3) is 0 Å². The molecule has 0 aromatic heterocycles. The Morgan fingerprint density at radius 1 is 1.53 bits per heavy atom. The van der Waals surface area contributed by atoms with E-state index in [1.807, 2.05) is 0 Å². The van der Waals surface area contributed by atoms with E-state index in [0.717, 1.165) is 0 Å². The number of carboxylic acid groups (broad SMARTS) is 1. The first-order valence-electron chi connectivity index (χ1n) is 4.26. The Morgan fingerprint density at radius 3 is 2.60 bits per heavy atom. The van der Waals surface area contributed by atoms with Crippen molar-refractivity contribution in [3.05, 3.63) is 35.6 Å². The zero-order valence-corrected chi connectivity index (χ0v) is 9.00. The first kappa shape index (κ1) is 13.9. The quantitative estimate of drug-likeness (QED) is 0.836. The van der Waals surface area contributed by atoms with E-state index >= 15 is 0 Å². The molecule has 0 saturated heterocycles. The van der Waals surface area contributed by atoms with Crippen molar-refractivity contribution < 1.29 is 14.3 Å². The van der Waals surface area contributed by atoms with Gasteiger partial charge in [-0.25, -0.2) is 4.39 Å². The number of nitrogens with two attached hydrogens (primary N) is 1. The molecule has 3 nitrogen and oxygen atoms in total. The summed E-state index contributed by atoms with van der Waals surface area (Å²) in [5, 5.41) is 8.66. The lowest BCUT2D eigenvalue weighted by atomic mass is 9.94. The van der Waals surface area contributed by atoms with E-state index in [2.05, 4.69) is 0 Å². The van der Waals surface area contributed by atoms with Gasteiger partial charge in [0.1, 0.15) is 11.9 Å². The second-order valence-electron chi connectivity index (χ2n) is 3.21. The first-order chi connectivity index (χ1) is 6.52. The van der Waals surface area contributed by atoms with Crippen molar-refractivity contribution in [2.75, 3.05) is 0 Å². The Hall–Kier alpha value is -1.13. The number of benzene rings is 1. The minimum Gasteiger partial charge on any atom is -0.480 e. The van der Waals surface area contributed by atoms with Crippen molar-refractivity contribution in [1.29, 1.82) is 0 Å². The minimum absolute atomic E-state index is 0. The van der Waals surface area contributed by atoms with Gasteiger partial charge in [-0.15, -0.1) is 12.4 Å². The highest BCUT2D eigenvalue weighted by atomic mass is 35.5. The Labute approximate surface area is 93.5 Å². The fraction of sp³-hybridized carbons (Fsp3) is 0.300. The smallest absolute Gasteiger partial charge is 0.321 e. The zero-order chi connectivity index (χ0) is 10.7. The lowest BCUT2D eigenvalue weighted by molar-refractivity contribution is -0.139. The molecule has 0 saturated carbocycles. The third kappa shape index (κ3) is 3.49. The van der Waals surface area contributed by atoms with Gasteiger partial charge in [0.05, 0.1) is 0 Å². The van der Waals surface area contributed by atoms with Crippen LogP contribution in [-0.2, 0) is 4.79 Å². The van der Waals surface area contributed by atoms with Crippen LogP contribution in [0.1, 0.15) is 18.4 Å². The van der Waals surface area contributed by atoms with Crippen molar-refractivity contribution >= 4 is 18.4 Å². The van der Waals surface area contributed by atoms with Gasteiger partial charge in [0, 0.05) is 5.92 Å². The van der Waals surface area contributed by atoms with E-state index in [1.54, 1.807) is 13.0 Å². The fourth-order valence-electron chi connectivity index (χ4n) is 1.21. The molecule has 0 aliphatic rings. The van der Waals surface area contributed by atoms with Crippen LogP contribution >= 0.6 is 12.4 Å². The standard InChI is InChI=1S/C10H12FNO2.ClH/c1-6(9(12)10(13)14)7-3-2-4-8(11)5-7;/h2-6,9H,12H2,1H3,(H,13,14);1H. The maximum Gasteiger partial charge on any atom is 0.321 e. The molecule has 1 aromatic carbocycles. The molecule has 1 rings (SSSR count). The normalized spacial score (nSPS) is 13.8. The Morgan fingerprint density at radius 2 is 2.13 bits per heavy atom. The topological polar surface area (TPSA) is 63.3 Å². The van der Waals surface area contributed by atoms with E-state index in [4.69, 9.17) is 10.8 Å². The van der Waals surface area contributed by atoms with Gasteiger partial charge in [-0.05, 0) is 17.7 Å². The van der Waals surface area contributed by atoms with E-state index in [9.17, 15) is 9.18 Å². The molecule has 0 fully saturated rings. The van der Waals surface area contributed by atoms with E-state index in [1.165, 1.54) is 18.2 Å². The number of aliphatic carboxylic acids is 1. The van der Waals surface area contributed by atoms with Crippen molar-refractivity contribution in [3.63, 3.8) is 0 Å². The number of rotatable bonds is 3. The van der Waals surface area contributed by atoms with Gasteiger partial charge >= 0.3 is 5.97 Å². The number of halogens is 2. The van der Waals surface area contributed by atoms with Crippen molar-refractivity contribution in [1.82, 2.24) is 0 Å². The SMILES string of the molecule is CC(c1cccc(F)c1)C(N)C(=O)O.Cl. The molecule has 0 heterocycles. The highest BCUT2D eigenvalue weighted by Crippen LogP contribution is 2.18. The average molecular weight is 234 g/mol. The molecule has 84 valence electrons. The van der Waals surface area contributed by atoms with Crippen molar-refractivity contribution in [2.45, 2.75) is 18.9 Å². The molecule has 15 heavy (non-hydrogen) atoms. The summed E-state index contributed by atoms with van der Waals surface area (Å²) >= 11 is 0. The maximum atomic E-state index is 12.8. The van der Waals surface area contributed by atoms with Crippen LogP contribution in [0.25, 0.3) is 0 Å². The van der Waals surface area contributed by atoms with Crippen LogP contribution in [0, 0.1) is 5.82 Å². The number of carboxylic acids is 1. The fourth-order valence-corrected chi connectivity index (χ4v) is 1.21. The average Bonchev–Trinajstić information content (AvgIpc) is 2.15. The lowest BCUT2D eigenvalue weighted by Crippen LogP contribution is -2.35. The van der Waals surface area contributed by atoms with E-state index in [0.29, 0.717) is 5.56 Å². The van der Waals surface area contributed by atoms with Gasteiger partial charge in [-0.2, -0.15) is 0 Å². The summed E-state index contributed by atoms with van der Waals surface area (Å²) in [4.78, 5) is 10.6. The van der Waals surface area contributed by atoms with Gasteiger partial charge in [-0.1, -0.05) is 19.1 Å². The van der Waals surface area contributed by atoms with Crippen LogP contribution < -0.4 is 5.73 Å². The van der Waals surface area contributed by atoms with Gasteiger partial charge < -0.3 is 10.8 Å². The molecule has 5 heteroatoms. The summed E-state index contributed by atoms with van der Waals surface area (Å²) in [5.41, 5.74) is 6.02. The van der Waals surface area contributed by atoms with E-state index in [-0.39, 0.29) is 18.2 Å². The molecule has 0 spiro atoms. The summed E-state index contributed by atoms with van der Waals surface area (Å²) < 4.78 is 12.8. The van der Waals surface area contributed by atoms with Crippen LogP contribution in [0.4, 0.5) is 4.39 Å². The summed E-state index contributed by atoms with van der Waals surface area (Å²) in [6, 6.07) is 4.80. The molecular formula is C10H13ClFNO2. The van der Waals surface area contributed by atoms with Crippen molar-refractivity contribution in [3.8, 4) is 0 Å². The molecule has 1 aromatic rings. The molecule has 0 radical (unpaired) electrons. The highest BCUT2D eigenvalue weighted by Gasteiger charge is 2.21. The molecule has 0 aliphatic carbocycles. The second kappa shape index (κ2) is 5.68. The minimum atomic E-state index is -1.08. The van der Waals surface area contributed by atoms with Crippen LogP contribution in [-0.4, -0.2) is 17.1 Å². The highest BCUT2D eigenvalue weighted by molar-refractivity contribution is 5.85. The van der Waals surface area contributed by atoms with Crippen LogP contribution in [0.5, 0.6) is 0 Å². The lowest BCUT2D eigenvalue weighted by Gasteiger charge is -2.15. The predicted octanol–water partition coefficient (Wildman–Crippen LogP) is 1.76. The molecule has 2 atom stereocenters. The Kier molecular flexibility index (Phi) is 5.25. The van der Waals surface area contributed by atoms with Gasteiger partial charge in [0.15, 0.2) is 0 Å².